The molecular formula is C19H27Cl2N3O3S. The second-order valence-corrected chi connectivity index (χ2v) is 10.6. The number of nitrogens with one attached hydrogen (secondary N) is 1. The maximum absolute atomic E-state index is 13.0. The molecule has 0 unspecified atom stereocenters. The van der Waals surface area contributed by atoms with E-state index in [1.807, 2.05) is 11.8 Å². The molecule has 0 aromatic heterocycles. The van der Waals surface area contributed by atoms with Crippen LogP contribution in [0.2, 0.25) is 10.0 Å². The molecule has 3 rings (SSSR count). The molecule has 2 aliphatic rings. The van der Waals surface area contributed by atoms with Gasteiger partial charge in [-0.05, 0) is 43.9 Å². The van der Waals surface area contributed by atoms with Crippen LogP contribution in [0.5, 0.6) is 0 Å². The van der Waals surface area contributed by atoms with E-state index in [0.717, 1.165) is 6.42 Å². The number of amides is 1. The monoisotopic (exact) mass is 447 g/mol. The van der Waals surface area contributed by atoms with Crippen LogP contribution in [-0.4, -0.2) is 54.9 Å². The minimum atomic E-state index is -3.66. The lowest BCUT2D eigenvalue weighted by molar-refractivity contribution is -0.133. The first-order valence-corrected chi connectivity index (χ1v) is 11.8. The molecule has 0 radical (unpaired) electrons. The Morgan fingerprint density at radius 2 is 1.89 bits per heavy atom. The van der Waals surface area contributed by atoms with Crippen molar-refractivity contribution >= 4 is 39.1 Å². The van der Waals surface area contributed by atoms with Crippen LogP contribution in [0, 0.1) is 5.92 Å². The molecular weight excluding hydrogens is 421 g/mol. The molecule has 1 amide bonds. The summed E-state index contributed by atoms with van der Waals surface area (Å²) in [5, 5.41) is 3.98. The fourth-order valence-corrected chi connectivity index (χ4v) is 5.82. The first-order valence-electron chi connectivity index (χ1n) is 9.65. The number of benzene rings is 1. The third-order valence-electron chi connectivity index (χ3n) is 5.91. The summed E-state index contributed by atoms with van der Waals surface area (Å²) in [4.78, 5) is 14.8. The molecule has 1 aromatic carbocycles. The van der Waals surface area contributed by atoms with E-state index in [1.165, 1.54) is 22.5 Å². The molecule has 2 atom stereocenters. The summed E-state index contributed by atoms with van der Waals surface area (Å²) < 4.78 is 27.5. The molecule has 1 spiro atoms. The number of carbonyl (C=O) groups is 1. The summed E-state index contributed by atoms with van der Waals surface area (Å²) in [5.74, 6) is 0.493. The Labute approximate surface area is 177 Å². The highest BCUT2D eigenvalue weighted by molar-refractivity contribution is 7.89. The van der Waals surface area contributed by atoms with Gasteiger partial charge in [-0.25, -0.2) is 8.42 Å². The number of rotatable bonds is 5. The van der Waals surface area contributed by atoms with Gasteiger partial charge in [0.1, 0.15) is 0 Å². The molecule has 2 aliphatic heterocycles. The third kappa shape index (κ3) is 3.92. The summed E-state index contributed by atoms with van der Waals surface area (Å²) >= 11 is 11.9. The summed E-state index contributed by atoms with van der Waals surface area (Å²) in [5.41, 5.74) is -0.469. The minimum absolute atomic E-state index is 0.0982. The van der Waals surface area contributed by atoms with Gasteiger partial charge in [-0.3, -0.25) is 10.1 Å². The van der Waals surface area contributed by atoms with Crippen molar-refractivity contribution in [2.45, 2.75) is 56.6 Å². The zero-order chi connectivity index (χ0) is 20.7. The van der Waals surface area contributed by atoms with Gasteiger partial charge in [0.2, 0.25) is 15.9 Å². The average molecular weight is 448 g/mol. The molecule has 6 nitrogen and oxygen atoms in total. The molecule has 2 fully saturated rings. The fraction of sp³-hybridized carbons (Fsp3) is 0.632. The zero-order valence-corrected chi connectivity index (χ0v) is 18.7. The fourth-order valence-electron chi connectivity index (χ4n) is 3.99. The van der Waals surface area contributed by atoms with E-state index in [9.17, 15) is 13.2 Å². The lowest BCUT2D eigenvalue weighted by Crippen LogP contribution is -2.60. The predicted molar refractivity (Wildman–Crippen MR) is 111 cm³/mol. The van der Waals surface area contributed by atoms with Crippen molar-refractivity contribution in [3.8, 4) is 0 Å². The van der Waals surface area contributed by atoms with Crippen molar-refractivity contribution in [2.24, 2.45) is 5.92 Å². The van der Waals surface area contributed by atoms with Gasteiger partial charge < -0.3 is 4.90 Å². The van der Waals surface area contributed by atoms with Gasteiger partial charge >= 0.3 is 0 Å². The van der Waals surface area contributed by atoms with E-state index in [0.29, 0.717) is 43.4 Å². The number of hydrogen-bond acceptors (Lipinski definition) is 4. The Hall–Kier alpha value is -0.860. The van der Waals surface area contributed by atoms with E-state index in [-0.39, 0.29) is 21.9 Å². The topological polar surface area (TPSA) is 69.7 Å². The first-order chi connectivity index (χ1) is 13.1. The molecule has 0 saturated carbocycles. The molecule has 0 bridgehead atoms. The van der Waals surface area contributed by atoms with Crippen LogP contribution >= 0.6 is 23.2 Å². The summed E-state index contributed by atoms with van der Waals surface area (Å²) in [7, 11) is -3.66. The SMILES string of the molecule is CC[C@@H](C)CN1C(=O)[C@@H](C)NC12CCN(S(=O)(=O)c1ccc(Cl)c(Cl)c1)CC2. The van der Waals surface area contributed by atoms with Gasteiger partial charge in [0, 0.05) is 19.6 Å². The largest absolute Gasteiger partial charge is 0.323 e. The standard InChI is InChI=1S/C19H27Cl2N3O3S/c1-4-13(2)12-24-18(25)14(3)22-19(24)7-9-23(10-8-19)28(26,27)15-5-6-16(20)17(21)11-15/h5-6,11,13-14,22H,4,7-10,12H2,1-3H3/t13-,14-/m1/s1. The van der Waals surface area contributed by atoms with E-state index in [2.05, 4.69) is 19.2 Å². The second kappa shape index (κ2) is 8.11. The van der Waals surface area contributed by atoms with Crippen molar-refractivity contribution in [1.29, 1.82) is 0 Å². The highest BCUT2D eigenvalue weighted by Crippen LogP contribution is 2.35. The van der Waals surface area contributed by atoms with Gasteiger partial charge in [0.05, 0.1) is 26.6 Å². The van der Waals surface area contributed by atoms with Crippen LogP contribution in [0.15, 0.2) is 23.1 Å². The van der Waals surface area contributed by atoms with Crippen molar-refractivity contribution < 1.29 is 13.2 Å². The maximum atomic E-state index is 13.0. The number of nitrogens with zero attached hydrogens (tertiary/aromatic N) is 2. The van der Waals surface area contributed by atoms with E-state index < -0.39 is 15.7 Å². The number of halogens is 2. The Morgan fingerprint density at radius 3 is 2.46 bits per heavy atom. The third-order valence-corrected chi connectivity index (χ3v) is 8.54. The lowest BCUT2D eigenvalue weighted by Gasteiger charge is -2.45. The van der Waals surface area contributed by atoms with Gasteiger partial charge in [-0.1, -0.05) is 43.5 Å². The van der Waals surface area contributed by atoms with Crippen LogP contribution in [0.4, 0.5) is 0 Å². The summed E-state index contributed by atoms with van der Waals surface area (Å²) in [6.07, 6.45) is 2.10. The Kier molecular flexibility index (Phi) is 6.32. The van der Waals surface area contributed by atoms with Crippen LogP contribution in [0.1, 0.15) is 40.0 Å². The Morgan fingerprint density at radius 1 is 1.25 bits per heavy atom. The molecule has 28 heavy (non-hydrogen) atoms. The Bertz CT molecular complexity index is 854. The first kappa shape index (κ1) is 21.8. The maximum Gasteiger partial charge on any atom is 0.243 e. The Balaban J connectivity index is 1.78. The van der Waals surface area contributed by atoms with E-state index in [4.69, 9.17) is 23.2 Å². The van der Waals surface area contributed by atoms with Crippen molar-refractivity contribution in [2.75, 3.05) is 19.6 Å². The lowest BCUT2D eigenvalue weighted by atomic mass is 9.95. The molecule has 0 aliphatic carbocycles. The second-order valence-electron chi connectivity index (χ2n) is 7.84. The zero-order valence-electron chi connectivity index (χ0n) is 16.4. The highest BCUT2D eigenvalue weighted by Gasteiger charge is 2.51. The quantitative estimate of drug-likeness (QED) is 0.750. The van der Waals surface area contributed by atoms with Crippen LogP contribution < -0.4 is 5.32 Å². The molecule has 1 N–H and O–H groups in total. The average Bonchev–Trinajstić information content (AvgIpc) is 2.88. The predicted octanol–water partition coefficient (Wildman–Crippen LogP) is 3.34. The van der Waals surface area contributed by atoms with E-state index in [1.54, 1.807) is 0 Å². The number of hydrogen-bond donors (Lipinski definition) is 1. The molecule has 2 saturated heterocycles. The van der Waals surface area contributed by atoms with Crippen LogP contribution in [0.25, 0.3) is 0 Å². The summed E-state index contributed by atoms with van der Waals surface area (Å²) in [6.45, 7) is 7.49. The molecule has 156 valence electrons. The normalized spacial score (nSPS) is 24.1. The van der Waals surface area contributed by atoms with Crippen LogP contribution in [-0.2, 0) is 14.8 Å². The minimum Gasteiger partial charge on any atom is -0.323 e. The van der Waals surface area contributed by atoms with Crippen LogP contribution in [0.3, 0.4) is 0 Å². The number of sulfonamides is 1. The van der Waals surface area contributed by atoms with E-state index >= 15 is 0 Å². The number of carbonyl (C=O) groups excluding carboxylic acids is 1. The smallest absolute Gasteiger partial charge is 0.243 e. The van der Waals surface area contributed by atoms with Gasteiger partial charge in [0.25, 0.3) is 0 Å². The van der Waals surface area contributed by atoms with Gasteiger partial charge in [-0.15, -0.1) is 0 Å². The van der Waals surface area contributed by atoms with Crippen molar-refractivity contribution in [1.82, 2.24) is 14.5 Å². The molecule has 1 aromatic rings. The molecule has 9 heteroatoms. The number of piperidine rings is 1. The van der Waals surface area contributed by atoms with Crippen molar-refractivity contribution in [3.05, 3.63) is 28.2 Å². The van der Waals surface area contributed by atoms with Gasteiger partial charge in [-0.2, -0.15) is 4.31 Å². The van der Waals surface area contributed by atoms with Crippen molar-refractivity contribution in [3.63, 3.8) is 0 Å². The highest BCUT2D eigenvalue weighted by atomic mass is 35.5. The summed E-state index contributed by atoms with van der Waals surface area (Å²) in [6, 6.07) is 4.11. The van der Waals surface area contributed by atoms with Gasteiger partial charge in [0.15, 0.2) is 0 Å². The molecule has 2 heterocycles.